The fraction of sp³-hybridized carbons (Fsp3) is 0.148. The fourth-order valence-electron chi connectivity index (χ4n) is 14.9. The summed E-state index contributed by atoms with van der Waals surface area (Å²) in [5, 5.41) is 21.2. The molecule has 3 unspecified atom stereocenters. The van der Waals surface area contributed by atoms with Crippen LogP contribution in [0.2, 0.25) is 0 Å². The quantitative estimate of drug-likeness (QED) is 0.0235. The normalized spacial score (nSPS) is 15.6. The Hall–Kier alpha value is -14.8. The van der Waals surface area contributed by atoms with Crippen LogP contribution in [0.5, 0.6) is 28.7 Å². The first-order valence-corrected chi connectivity index (χ1v) is 35.9. The van der Waals surface area contributed by atoms with Crippen molar-refractivity contribution in [2.24, 2.45) is 0 Å². The molecule has 0 spiro atoms. The number of aliphatic hydroxyl groups excluding tert-OH is 1. The molecule has 5 aliphatic rings. The lowest BCUT2D eigenvalue weighted by atomic mass is 9.74. The summed E-state index contributed by atoms with van der Waals surface area (Å²) in [7, 11) is 3.89. The molecule has 10 aromatic rings. The summed E-state index contributed by atoms with van der Waals surface area (Å²) in [4.78, 5) is 181. The molecule has 2 N–H and O–H groups in total. The Morgan fingerprint density at radius 1 is 0.407 bits per heavy atom. The summed E-state index contributed by atoms with van der Waals surface area (Å²) in [5.74, 6) is -11.2. The van der Waals surface area contributed by atoms with Crippen molar-refractivity contribution in [3.63, 3.8) is 0 Å². The highest BCUT2D eigenvalue weighted by atomic mass is 19.4. The third-order valence-corrected chi connectivity index (χ3v) is 21.7. The van der Waals surface area contributed by atoms with Gasteiger partial charge < -0.3 is 29.3 Å². The highest BCUT2D eigenvalue weighted by molar-refractivity contribution is 6.37. The van der Waals surface area contributed by atoms with Crippen molar-refractivity contribution in [2.45, 2.75) is 56.5 Å². The van der Waals surface area contributed by atoms with E-state index in [1.165, 1.54) is 119 Å². The number of halogens is 6. The molecule has 0 fully saturated rings. The molecule has 24 nitrogen and oxygen atoms in total. The van der Waals surface area contributed by atoms with Crippen molar-refractivity contribution in [1.82, 2.24) is 14.7 Å². The number of hydrogen-bond donors (Lipinski definition) is 2. The Labute approximate surface area is 664 Å². The van der Waals surface area contributed by atoms with Crippen LogP contribution >= 0.6 is 0 Å². The fourth-order valence-corrected chi connectivity index (χ4v) is 14.9. The average Bonchev–Trinajstić information content (AvgIpc) is 1.50. The van der Waals surface area contributed by atoms with Crippen LogP contribution < -0.4 is 28.9 Å². The number of carboxylic acids is 1. The van der Waals surface area contributed by atoms with Gasteiger partial charge in [-0.2, -0.15) is 26.3 Å². The predicted molar refractivity (Wildman–Crippen MR) is 409 cm³/mol. The number of ether oxygens (including phenoxy) is 3. The van der Waals surface area contributed by atoms with Gasteiger partial charge in [0.25, 0.3) is 65.0 Å². The van der Waals surface area contributed by atoms with Gasteiger partial charge in [0.1, 0.15) is 39.6 Å². The number of carboxylic acid groups (broad SMARTS) is 1. The van der Waals surface area contributed by atoms with Crippen LogP contribution in [-0.4, -0.2) is 148 Å². The van der Waals surface area contributed by atoms with Crippen LogP contribution in [0.25, 0.3) is 11.1 Å². The highest BCUT2D eigenvalue weighted by Gasteiger charge is 2.57. The zero-order valence-corrected chi connectivity index (χ0v) is 62.6. The monoisotopic (exact) mass is 1600 g/mol. The van der Waals surface area contributed by atoms with Gasteiger partial charge in [-0.25, -0.2) is 24.3 Å². The van der Waals surface area contributed by atoms with Crippen molar-refractivity contribution >= 4 is 94.0 Å². The summed E-state index contributed by atoms with van der Waals surface area (Å²) in [6, 6.07) is 40.9. The topological polar surface area (TPSA) is 309 Å². The molecule has 0 radical (unpaired) electrons. The van der Waals surface area contributed by atoms with E-state index in [1.54, 1.807) is 24.3 Å². The molecule has 3 atom stereocenters. The lowest BCUT2D eigenvalue weighted by molar-refractivity contribution is -0.173. The third kappa shape index (κ3) is 13.0. The summed E-state index contributed by atoms with van der Waals surface area (Å²) < 4.78 is 112. The van der Waals surface area contributed by atoms with E-state index in [0.29, 0.717) is 21.1 Å². The zero-order chi connectivity index (χ0) is 84.6. The van der Waals surface area contributed by atoms with E-state index >= 15 is 26.3 Å². The molecule has 0 aromatic heterocycles. The lowest BCUT2D eigenvalue weighted by Crippen LogP contribution is -2.41. The SMILES string of the molecule is C=C(C)C(=O)Oc1ccc(-c2cc(N3C(=O)c4ccc(C(C)(c5ccc6c(c5)C(=O)N(C)C6=O)C(F)(F)F)cc4C3=O)cc(N3C(=O)c4ccc(C(C)(c5ccc6c(c5)C(=O)N(c5ccc(Oc7ccc(CC(O)CN(C)C(=O)c8ccc(Oc9ccc%10c(c9)C(=O)N(C)C%10=O)cc8C(=O)O)cc7)cc5)C6=O)C(F)(F)F)cc4C3=O)c2)cc1. The number of esters is 1. The Bertz CT molecular complexity index is 6200. The van der Waals surface area contributed by atoms with Gasteiger partial charge in [0, 0.05) is 39.7 Å². The van der Waals surface area contributed by atoms with Crippen molar-refractivity contribution in [2.75, 3.05) is 42.4 Å². The number of anilines is 3. The summed E-state index contributed by atoms with van der Waals surface area (Å²) in [6.45, 7) is 6.32. The average molecular weight is 1600 g/mol. The van der Waals surface area contributed by atoms with Crippen molar-refractivity contribution in [3.05, 3.63) is 307 Å². The minimum absolute atomic E-state index is 0.00637. The number of carbonyl (C=O) groups is 13. The maximum absolute atomic E-state index is 16.1. The number of hydrogen-bond acceptors (Lipinski definition) is 17. The van der Waals surface area contributed by atoms with Crippen LogP contribution in [0.3, 0.4) is 0 Å². The molecule has 10 aromatic carbocycles. The minimum Gasteiger partial charge on any atom is -0.478 e. The summed E-state index contributed by atoms with van der Waals surface area (Å²) in [5.41, 5.74) is -11.3. The van der Waals surface area contributed by atoms with Crippen molar-refractivity contribution < 1.29 is 113 Å². The van der Waals surface area contributed by atoms with Gasteiger partial charge in [-0.05, 0) is 211 Å². The largest absolute Gasteiger partial charge is 0.478 e. The van der Waals surface area contributed by atoms with Crippen LogP contribution in [0.4, 0.5) is 43.4 Å². The van der Waals surface area contributed by atoms with Crippen LogP contribution in [0.1, 0.15) is 173 Å². The summed E-state index contributed by atoms with van der Waals surface area (Å²) in [6.07, 6.45) is -11.5. The lowest BCUT2D eigenvalue weighted by Gasteiger charge is -2.33. The molecule has 0 saturated heterocycles. The number of amides is 11. The second-order valence-electron chi connectivity index (χ2n) is 29.0. The first-order valence-electron chi connectivity index (χ1n) is 35.9. The van der Waals surface area contributed by atoms with Crippen molar-refractivity contribution in [3.8, 4) is 39.9 Å². The van der Waals surface area contributed by atoms with Gasteiger partial charge in [-0.15, -0.1) is 0 Å². The van der Waals surface area contributed by atoms with E-state index in [1.807, 2.05) is 0 Å². The second kappa shape index (κ2) is 28.6. The number of imide groups is 5. The first kappa shape index (κ1) is 78.5. The molecule has 0 saturated carbocycles. The molecule has 118 heavy (non-hydrogen) atoms. The van der Waals surface area contributed by atoms with Crippen molar-refractivity contribution in [1.29, 1.82) is 0 Å². The second-order valence-corrected chi connectivity index (χ2v) is 29.0. The Balaban J connectivity index is 0.640. The molecule has 5 aliphatic heterocycles. The molecule has 0 bridgehead atoms. The third-order valence-electron chi connectivity index (χ3n) is 21.7. The molecule has 11 amide bonds. The van der Waals surface area contributed by atoms with Crippen LogP contribution in [-0.2, 0) is 22.0 Å². The molecule has 5 heterocycles. The van der Waals surface area contributed by atoms with Crippen LogP contribution in [0.15, 0.2) is 212 Å². The predicted octanol–water partition coefficient (Wildman–Crippen LogP) is 14.4. The smallest absolute Gasteiger partial charge is 0.402 e. The number of fused-ring (bicyclic) bond motifs is 5. The van der Waals surface area contributed by atoms with E-state index in [0.717, 1.165) is 118 Å². The van der Waals surface area contributed by atoms with Gasteiger partial charge >= 0.3 is 24.3 Å². The number of nitrogens with zero attached hydrogens (tertiary/aromatic N) is 6. The Kier molecular flexibility index (Phi) is 19.0. The molecule has 15 rings (SSSR count). The van der Waals surface area contributed by atoms with E-state index in [2.05, 4.69) is 6.58 Å². The Morgan fingerprint density at radius 3 is 1.19 bits per heavy atom. The molecule has 30 heteroatoms. The van der Waals surface area contributed by atoms with E-state index in [-0.39, 0.29) is 109 Å². The van der Waals surface area contributed by atoms with E-state index in [4.69, 9.17) is 14.2 Å². The van der Waals surface area contributed by atoms with Gasteiger partial charge in [-0.3, -0.25) is 62.5 Å². The number of benzene rings is 10. The molecular weight excluding hydrogens is 1540 g/mol. The first-order chi connectivity index (χ1) is 55.8. The standard InChI is InChI=1S/C88H60F6N6O18/c1-43(2)84(115)118-57-20-10-45(11-21-57)46-33-52(99-78(108)63-28-14-49(37-68(63)81(99)111)85(3,87(89,90)91)47-12-26-60-66(35-47)75(105)96(6)73(60)103)39-53(34-46)100-79(109)64-29-15-50(38-69(64)82(100)112)86(4,88(92,93)94)48-13-27-62-67(36-48)80(110)98(77(62)107)51-16-22-56(23-17-51)116-55-18-8-44(9-19-55)32-54(101)42-95(5)72(102)65-31-25-59(41-71(65)83(113)114)117-58-24-30-61-70(40-58)76(106)97(7)74(61)104/h8-31,33-41,54,101H,1,32,42H2,2-7H3,(H,113,114). The number of alkyl halides is 6. The molecule has 0 aliphatic carbocycles. The van der Waals surface area contributed by atoms with Gasteiger partial charge in [0.2, 0.25) is 0 Å². The summed E-state index contributed by atoms with van der Waals surface area (Å²) >= 11 is 0. The highest BCUT2D eigenvalue weighted by Crippen LogP contribution is 2.51. The molecule has 592 valence electrons. The van der Waals surface area contributed by atoms with Gasteiger partial charge in [-0.1, -0.05) is 55.1 Å². The maximum Gasteiger partial charge on any atom is 0.402 e. The van der Waals surface area contributed by atoms with Gasteiger partial charge in [0.05, 0.1) is 89.9 Å². The number of carbonyl (C=O) groups excluding carboxylic acids is 12. The molecular formula is C88H60F6N6O18. The maximum atomic E-state index is 16.1. The van der Waals surface area contributed by atoms with Crippen LogP contribution in [0, 0.1) is 0 Å². The van der Waals surface area contributed by atoms with E-state index < -0.39 is 156 Å². The minimum atomic E-state index is -5.24. The Morgan fingerprint density at radius 2 is 0.754 bits per heavy atom. The zero-order valence-electron chi connectivity index (χ0n) is 62.6. The van der Waals surface area contributed by atoms with E-state index in [9.17, 15) is 72.5 Å². The number of rotatable bonds is 20. The number of aliphatic hydroxyl groups is 1. The van der Waals surface area contributed by atoms with Gasteiger partial charge in [0.15, 0.2) is 0 Å². The number of likely N-dealkylation sites (N-methyl/N-ethyl adjacent to an activating group) is 1. The number of aromatic carboxylic acids is 1.